The molecule has 1 aliphatic carbocycles. The number of nitrogens with one attached hydrogen (secondary N) is 2. The largest absolute Gasteiger partial charge is 0.493 e. The lowest BCUT2D eigenvalue weighted by molar-refractivity contribution is -0.154. The molecule has 3 aliphatic rings. The summed E-state index contributed by atoms with van der Waals surface area (Å²) in [6.07, 6.45) is 1.37. The van der Waals surface area contributed by atoms with Crippen molar-refractivity contribution in [3.8, 4) is 39.9 Å². The highest BCUT2D eigenvalue weighted by molar-refractivity contribution is 5.90. The van der Waals surface area contributed by atoms with Gasteiger partial charge in [0.25, 0.3) is 0 Å². The number of amides is 1. The van der Waals surface area contributed by atoms with Crippen LogP contribution in [0.15, 0.2) is 48.7 Å². The Morgan fingerprint density at radius 3 is 2.54 bits per heavy atom. The normalized spacial score (nSPS) is 19.2. The maximum absolute atomic E-state index is 13.3. The molecule has 3 atom stereocenters. The lowest BCUT2D eigenvalue weighted by atomic mass is 9.73. The molecule has 4 aromatic rings. The van der Waals surface area contributed by atoms with Crippen LogP contribution in [0.5, 0.6) is 28.7 Å². The van der Waals surface area contributed by atoms with Gasteiger partial charge in [-0.05, 0) is 47.4 Å². The van der Waals surface area contributed by atoms with Gasteiger partial charge in [-0.3, -0.25) is 14.4 Å². The lowest BCUT2D eigenvalue weighted by Crippen LogP contribution is -2.37. The number of H-pyrrole nitrogens is 1. The van der Waals surface area contributed by atoms with Crippen LogP contribution in [0.4, 0.5) is 0 Å². The predicted molar refractivity (Wildman–Crippen MR) is 163 cm³/mol. The van der Waals surface area contributed by atoms with Gasteiger partial charge in [0, 0.05) is 34.1 Å². The summed E-state index contributed by atoms with van der Waals surface area (Å²) in [5, 5.41) is 3.61. The number of carbonyl (C=O) groups excluding carboxylic acids is 3. The van der Waals surface area contributed by atoms with E-state index in [4.69, 9.17) is 33.2 Å². The van der Waals surface area contributed by atoms with Crippen molar-refractivity contribution in [1.82, 2.24) is 10.3 Å². The quantitative estimate of drug-likeness (QED) is 0.262. The minimum absolute atomic E-state index is 0.00251. The van der Waals surface area contributed by atoms with Crippen molar-refractivity contribution in [2.45, 2.75) is 18.9 Å². The minimum atomic E-state index is -0.839. The van der Waals surface area contributed by atoms with E-state index in [-0.39, 0.29) is 38.2 Å². The maximum atomic E-state index is 13.3. The molecular weight excluding hydrogens is 596 g/mol. The van der Waals surface area contributed by atoms with Crippen LogP contribution in [0.2, 0.25) is 0 Å². The molecule has 0 bridgehead atoms. The van der Waals surface area contributed by atoms with Crippen LogP contribution in [0.1, 0.15) is 22.8 Å². The van der Waals surface area contributed by atoms with Gasteiger partial charge in [0.05, 0.1) is 40.3 Å². The topological polar surface area (TPSA) is 144 Å². The first-order chi connectivity index (χ1) is 22.4. The molecule has 12 heteroatoms. The van der Waals surface area contributed by atoms with Crippen molar-refractivity contribution in [3.63, 3.8) is 0 Å². The van der Waals surface area contributed by atoms with E-state index >= 15 is 0 Å². The van der Waals surface area contributed by atoms with Gasteiger partial charge in [-0.25, -0.2) is 0 Å². The van der Waals surface area contributed by atoms with Crippen molar-refractivity contribution < 1.29 is 47.5 Å². The van der Waals surface area contributed by atoms with Crippen molar-refractivity contribution in [2.24, 2.45) is 11.8 Å². The summed E-state index contributed by atoms with van der Waals surface area (Å²) in [4.78, 5) is 42.2. The summed E-state index contributed by atoms with van der Waals surface area (Å²) < 4.78 is 40.0. The Hall–Kier alpha value is -5.39. The number of carbonyl (C=O) groups is 3. The zero-order chi connectivity index (χ0) is 31.9. The molecule has 12 nitrogen and oxygen atoms in total. The molecule has 1 amide bonds. The molecule has 3 aromatic carbocycles. The van der Waals surface area contributed by atoms with Gasteiger partial charge in [0.2, 0.25) is 18.4 Å². The lowest BCUT2D eigenvalue weighted by Gasteiger charge is -2.34. The number of methoxy groups -OCH3 is 3. The highest BCUT2D eigenvalue weighted by atomic mass is 16.7. The Kier molecular flexibility index (Phi) is 7.55. The van der Waals surface area contributed by atoms with E-state index in [1.54, 1.807) is 24.4 Å². The number of esters is 2. The Bertz CT molecular complexity index is 1840. The van der Waals surface area contributed by atoms with Crippen LogP contribution < -0.4 is 29.0 Å². The average molecular weight is 629 g/mol. The number of rotatable bonds is 9. The zero-order valence-electron chi connectivity index (χ0n) is 25.5. The molecule has 1 fully saturated rings. The van der Waals surface area contributed by atoms with Gasteiger partial charge in [-0.15, -0.1) is 0 Å². The van der Waals surface area contributed by atoms with E-state index in [1.807, 2.05) is 24.3 Å². The van der Waals surface area contributed by atoms with Gasteiger partial charge in [-0.1, -0.05) is 18.2 Å². The smallest absolute Gasteiger partial charge is 0.326 e. The number of hydrogen-bond donors (Lipinski definition) is 2. The minimum Gasteiger partial charge on any atom is -0.493 e. The molecule has 0 spiro atoms. The zero-order valence-corrected chi connectivity index (χ0v) is 25.5. The first-order valence-electron chi connectivity index (χ1n) is 14.8. The second-order valence-corrected chi connectivity index (χ2v) is 11.3. The van der Waals surface area contributed by atoms with E-state index in [1.165, 1.54) is 21.3 Å². The second kappa shape index (κ2) is 11.8. The maximum Gasteiger partial charge on any atom is 0.326 e. The molecule has 46 heavy (non-hydrogen) atoms. The first kappa shape index (κ1) is 29.3. The molecular formula is C34H32N2O10. The van der Waals surface area contributed by atoms with E-state index < -0.39 is 23.9 Å². The highest BCUT2D eigenvalue weighted by Gasteiger charge is 2.49. The molecule has 1 aromatic heterocycles. The molecule has 2 aliphatic heterocycles. The summed E-state index contributed by atoms with van der Waals surface area (Å²) in [5.41, 5.74) is 4.51. The predicted octanol–water partition coefficient (Wildman–Crippen LogP) is 3.88. The number of para-hydroxylation sites is 1. The number of aromatic amines is 1. The molecule has 0 saturated carbocycles. The summed E-state index contributed by atoms with van der Waals surface area (Å²) >= 11 is 0. The molecule has 2 N–H and O–H groups in total. The fourth-order valence-corrected chi connectivity index (χ4v) is 6.68. The highest BCUT2D eigenvalue weighted by Crippen LogP contribution is 2.55. The number of ether oxygens (including phenoxy) is 7. The van der Waals surface area contributed by atoms with Gasteiger partial charge in [0.15, 0.2) is 23.0 Å². The first-order valence-corrected chi connectivity index (χ1v) is 14.8. The van der Waals surface area contributed by atoms with Gasteiger partial charge >= 0.3 is 11.9 Å². The Labute approximate surface area is 263 Å². The van der Waals surface area contributed by atoms with Crippen molar-refractivity contribution in [1.29, 1.82) is 0 Å². The number of fused-ring (bicyclic) bond motifs is 4. The van der Waals surface area contributed by atoms with Gasteiger partial charge < -0.3 is 43.5 Å². The van der Waals surface area contributed by atoms with Crippen molar-refractivity contribution in [2.75, 3.05) is 41.3 Å². The fraction of sp³-hybridized carbons (Fsp3) is 0.324. The van der Waals surface area contributed by atoms with Crippen LogP contribution in [0.3, 0.4) is 0 Å². The van der Waals surface area contributed by atoms with Crippen LogP contribution in [-0.4, -0.2) is 64.1 Å². The summed E-state index contributed by atoms with van der Waals surface area (Å²) in [6.45, 7) is -0.247. The summed E-state index contributed by atoms with van der Waals surface area (Å²) in [7, 11) is 4.58. The van der Waals surface area contributed by atoms with E-state index in [0.29, 0.717) is 51.9 Å². The fourth-order valence-electron chi connectivity index (χ4n) is 6.68. The molecule has 0 radical (unpaired) electrons. The van der Waals surface area contributed by atoms with Crippen molar-refractivity contribution >= 4 is 28.7 Å². The van der Waals surface area contributed by atoms with Crippen molar-refractivity contribution in [3.05, 3.63) is 65.4 Å². The SMILES string of the molecule is COc1cc(-c2c3c(cc4c2OCO4)[C@H](OC(=O)CNC(=O)Cc2c[nH]c4ccccc24)[C@H]2COC(=O)[C@@H]2C3)cc(OC)c1OC. The van der Waals surface area contributed by atoms with Gasteiger partial charge in [-0.2, -0.15) is 0 Å². The molecule has 0 unspecified atom stereocenters. The van der Waals surface area contributed by atoms with E-state index in [0.717, 1.165) is 22.0 Å². The second-order valence-electron chi connectivity index (χ2n) is 11.3. The average Bonchev–Trinajstić information content (AvgIpc) is 3.81. The molecule has 1 saturated heterocycles. The molecule has 238 valence electrons. The van der Waals surface area contributed by atoms with E-state index in [2.05, 4.69) is 10.3 Å². The van der Waals surface area contributed by atoms with Crippen LogP contribution >= 0.6 is 0 Å². The van der Waals surface area contributed by atoms with Crippen LogP contribution in [0.25, 0.3) is 22.0 Å². The standard InChI is InChI=1S/C34H32N2O10/c1-40-25-8-17(9-26(41-2)32(25)42-3)30-20-11-22-23(15-43-34(22)39)31(21(20)12-27-33(30)45-16-44-27)46-29(38)14-36-28(37)10-18-13-35-24-7-5-4-6-19(18)24/h4-9,12-13,22-23,31,35H,10-11,14-16H2,1-3H3,(H,36,37)/t22-,23+,31+/m1/s1. The third-order valence-corrected chi connectivity index (χ3v) is 8.83. The third kappa shape index (κ3) is 4.99. The Balaban J connectivity index is 1.20. The number of hydrogen-bond acceptors (Lipinski definition) is 10. The third-order valence-electron chi connectivity index (χ3n) is 8.83. The Morgan fingerprint density at radius 2 is 1.78 bits per heavy atom. The molecule has 7 rings (SSSR count). The van der Waals surface area contributed by atoms with E-state index in [9.17, 15) is 14.4 Å². The van der Waals surface area contributed by atoms with Crippen LogP contribution in [0, 0.1) is 11.8 Å². The Morgan fingerprint density at radius 1 is 1.00 bits per heavy atom. The number of benzene rings is 3. The van der Waals surface area contributed by atoms with Crippen LogP contribution in [-0.2, 0) is 36.7 Å². The monoisotopic (exact) mass is 628 g/mol. The number of aromatic nitrogens is 1. The summed E-state index contributed by atoms with van der Waals surface area (Å²) in [5.74, 6) is -0.0487. The van der Waals surface area contributed by atoms with Gasteiger partial charge in [0.1, 0.15) is 12.6 Å². The summed E-state index contributed by atoms with van der Waals surface area (Å²) in [6, 6.07) is 13.1. The molecule has 3 heterocycles. The number of cyclic esters (lactones) is 1.